The Kier molecular flexibility index (Phi) is 25.5. The van der Waals surface area contributed by atoms with Gasteiger partial charge >= 0.3 is 35.8 Å². The molecule has 27 heteroatoms. The van der Waals surface area contributed by atoms with E-state index in [4.69, 9.17) is 32.5 Å². The van der Waals surface area contributed by atoms with Crippen LogP contribution in [0.25, 0.3) is 0 Å². The minimum atomic E-state index is -1.72. The van der Waals surface area contributed by atoms with E-state index in [1.165, 1.54) is 0 Å². The van der Waals surface area contributed by atoms with Crippen LogP contribution in [0.2, 0.25) is 0 Å². The Hall–Kier alpha value is -7.26. The van der Waals surface area contributed by atoms with Gasteiger partial charge in [0, 0.05) is 38.9 Å². The van der Waals surface area contributed by atoms with Gasteiger partial charge in [0.15, 0.2) is 0 Å². The second kappa shape index (κ2) is 29.5. The minimum Gasteiger partial charge on any atom is -0.481 e. The summed E-state index contributed by atoms with van der Waals surface area (Å²) in [4.78, 5) is 148. The normalized spacial score (nSPS) is 13.5. The summed E-state index contributed by atoms with van der Waals surface area (Å²) in [6.07, 6.45) is -4.75. The molecule has 0 aromatic heterocycles. The molecule has 0 saturated heterocycles. The quantitative estimate of drug-likeness (QED) is 0.0328. The summed E-state index contributed by atoms with van der Waals surface area (Å²) in [5.41, 5.74) is 20.0. The molecule has 0 heterocycles. The second-order valence-corrected chi connectivity index (χ2v) is 15.7. The van der Waals surface area contributed by atoms with Crippen LogP contribution >= 0.6 is 0 Å². The number of carbonyl (C=O) groups is 12. The summed E-state index contributed by atoms with van der Waals surface area (Å²) < 4.78 is 0. The first kappa shape index (κ1) is 59.8. The van der Waals surface area contributed by atoms with Gasteiger partial charge in [0.05, 0.1) is 37.4 Å². The van der Waals surface area contributed by atoms with Crippen LogP contribution in [0.1, 0.15) is 112 Å². The third kappa shape index (κ3) is 20.7. The predicted octanol–water partition coefficient (Wildman–Crippen LogP) is -3.32. The van der Waals surface area contributed by atoms with Crippen molar-refractivity contribution >= 4 is 71.3 Å². The summed E-state index contributed by atoms with van der Waals surface area (Å²) in [6, 6.07) is -9.42. The number of rotatable bonds is 33. The van der Waals surface area contributed by atoms with Crippen molar-refractivity contribution in [3.63, 3.8) is 0 Å². The van der Waals surface area contributed by atoms with Crippen molar-refractivity contribution in [1.82, 2.24) is 31.9 Å². The molecule has 27 nitrogen and oxygen atoms in total. The van der Waals surface area contributed by atoms with E-state index in [1.54, 1.807) is 20.8 Å². The molecule has 0 fully saturated rings. The van der Waals surface area contributed by atoms with Crippen LogP contribution in [0.4, 0.5) is 0 Å². The van der Waals surface area contributed by atoms with Crippen LogP contribution < -0.4 is 49.1 Å². The van der Waals surface area contributed by atoms with Gasteiger partial charge < -0.3 is 79.7 Å². The van der Waals surface area contributed by atoms with Crippen LogP contribution in [-0.4, -0.2) is 138 Å². The number of carbonyl (C=O) groups excluding carboxylic acids is 6. The third-order valence-corrected chi connectivity index (χ3v) is 10.6. The Morgan fingerprint density at radius 1 is 0.362 bits per heavy atom. The second-order valence-electron chi connectivity index (χ2n) is 15.7. The van der Waals surface area contributed by atoms with E-state index in [0.29, 0.717) is 33.4 Å². The van der Waals surface area contributed by atoms with Crippen molar-refractivity contribution in [3.8, 4) is 0 Å². The number of amides is 6. The molecular formula is C42H63N9O18. The summed E-state index contributed by atoms with van der Waals surface area (Å²) in [5.74, 6) is -14.3. The average molecular weight is 982 g/mol. The number of carboxylic acid groups (broad SMARTS) is 6. The molecule has 0 bridgehead atoms. The van der Waals surface area contributed by atoms with E-state index in [-0.39, 0.29) is 58.2 Å². The van der Waals surface area contributed by atoms with E-state index in [1.807, 2.05) is 0 Å². The fraction of sp³-hybridized carbons (Fsp3) is 0.571. The Morgan fingerprint density at radius 2 is 0.580 bits per heavy atom. The highest BCUT2D eigenvalue weighted by Crippen LogP contribution is 2.31. The molecule has 0 unspecified atom stereocenters. The van der Waals surface area contributed by atoms with Crippen LogP contribution in [-0.2, 0) is 96.4 Å². The van der Waals surface area contributed by atoms with Crippen molar-refractivity contribution < 1.29 is 88.2 Å². The van der Waals surface area contributed by atoms with Crippen molar-refractivity contribution in [2.45, 2.75) is 154 Å². The lowest BCUT2D eigenvalue weighted by Crippen LogP contribution is -2.52. The maximum atomic E-state index is 13.7. The van der Waals surface area contributed by atoms with Gasteiger partial charge in [0.1, 0.15) is 18.1 Å². The van der Waals surface area contributed by atoms with Gasteiger partial charge in [0.25, 0.3) is 0 Å². The van der Waals surface area contributed by atoms with Gasteiger partial charge in [-0.2, -0.15) is 0 Å². The van der Waals surface area contributed by atoms with Crippen molar-refractivity contribution in [2.24, 2.45) is 17.2 Å². The van der Waals surface area contributed by atoms with Crippen LogP contribution in [0.15, 0.2) is 0 Å². The Morgan fingerprint density at radius 3 is 0.754 bits per heavy atom. The predicted molar refractivity (Wildman–Crippen MR) is 237 cm³/mol. The standard InChI is InChI=1S/C42H63N9O18/c1-4-19-22(16-46-40(67)28(13-34(58)59)49-37(64)25(43)7-10-31(52)53)20(5-2)24(18-48-42(69)30(15-36(62)63)51-39(66)27(45)9-12-33(56)57)21(6-3)23(19)17-47-41(68)29(14-35(60)61)50-38(65)26(44)8-11-32(54)55/h25-30H,4-18,43-45H2,1-3H3,(H,46,67)(H,47,68)(H,48,69)(H,49,64)(H,50,65)(H,51,66)(H,52,53)(H,54,55)(H,56,57)(H,58,59)(H,60,61)(H,62,63)/t25-,26-,27-,28-,29-,30-/m0/s1. The lowest BCUT2D eigenvalue weighted by molar-refractivity contribution is -0.141. The van der Waals surface area contributed by atoms with Gasteiger partial charge in [-0.25, -0.2) is 0 Å². The van der Waals surface area contributed by atoms with Crippen LogP contribution in [0.3, 0.4) is 0 Å². The maximum Gasteiger partial charge on any atom is 0.305 e. The number of nitrogens with one attached hydrogen (secondary N) is 6. The largest absolute Gasteiger partial charge is 0.481 e. The van der Waals surface area contributed by atoms with E-state index in [9.17, 15) is 72.9 Å². The van der Waals surface area contributed by atoms with E-state index < -0.39 is 146 Å². The number of carboxylic acids is 6. The van der Waals surface area contributed by atoms with Crippen LogP contribution in [0.5, 0.6) is 0 Å². The monoisotopic (exact) mass is 981 g/mol. The van der Waals surface area contributed by atoms with E-state index in [0.717, 1.165) is 0 Å². The summed E-state index contributed by atoms with van der Waals surface area (Å²) in [5, 5.41) is 70.2. The lowest BCUT2D eigenvalue weighted by Gasteiger charge is -2.28. The smallest absolute Gasteiger partial charge is 0.305 e. The zero-order chi connectivity index (χ0) is 52.7. The van der Waals surface area contributed by atoms with Gasteiger partial charge in [-0.3, -0.25) is 57.5 Å². The number of aliphatic carboxylic acids is 6. The number of nitrogens with two attached hydrogens (primary N) is 3. The molecule has 0 spiro atoms. The first-order valence-corrected chi connectivity index (χ1v) is 21.8. The first-order valence-electron chi connectivity index (χ1n) is 21.8. The molecule has 18 N–H and O–H groups in total. The molecule has 69 heavy (non-hydrogen) atoms. The van der Waals surface area contributed by atoms with Crippen molar-refractivity contribution in [1.29, 1.82) is 0 Å². The van der Waals surface area contributed by atoms with E-state index >= 15 is 0 Å². The highest BCUT2D eigenvalue weighted by molar-refractivity contribution is 5.94. The maximum absolute atomic E-state index is 13.7. The van der Waals surface area contributed by atoms with Gasteiger partial charge in [-0.15, -0.1) is 0 Å². The van der Waals surface area contributed by atoms with Crippen LogP contribution in [0, 0.1) is 0 Å². The molecule has 0 radical (unpaired) electrons. The van der Waals surface area contributed by atoms with E-state index in [2.05, 4.69) is 31.9 Å². The summed E-state index contributed by atoms with van der Waals surface area (Å²) in [7, 11) is 0. The molecular weight excluding hydrogens is 919 g/mol. The highest BCUT2D eigenvalue weighted by Gasteiger charge is 2.31. The first-order chi connectivity index (χ1) is 32.3. The molecule has 0 saturated carbocycles. The SMILES string of the molecule is CCc1c(CNC(=O)[C@H](CC(=O)O)NC(=O)[C@@H](N)CCC(=O)O)c(CC)c(CNC(=O)[C@H](CC(=O)O)NC(=O)[C@@H](N)CCC(=O)O)c(CC)c1CNC(=O)[C@H](CC(=O)O)NC(=O)[C@@H](N)CCC(=O)O. The fourth-order valence-electron chi connectivity index (χ4n) is 7.13. The number of hydrogen-bond donors (Lipinski definition) is 15. The molecule has 1 aromatic rings. The molecule has 0 aliphatic heterocycles. The fourth-order valence-corrected chi connectivity index (χ4v) is 7.13. The van der Waals surface area contributed by atoms with Gasteiger partial charge in [0.2, 0.25) is 35.4 Å². The molecule has 0 aliphatic rings. The molecule has 6 atom stereocenters. The molecule has 0 aliphatic carbocycles. The molecule has 6 amide bonds. The van der Waals surface area contributed by atoms with Gasteiger partial charge in [-0.05, 0) is 71.9 Å². The lowest BCUT2D eigenvalue weighted by atomic mass is 9.83. The summed E-state index contributed by atoms with van der Waals surface area (Å²) in [6.45, 7) is 3.99. The average Bonchev–Trinajstić information content (AvgIpc) is 3.27. The van der Waals surface area contributed by atoms with Crippen molar-refractivity contribution in [3.05, 3.63) is 33.4 Å². The Balaban J connectivity index is 3.92. The topological polar surface area (TPSA) is 476 Å². The Labute approximate surface area is 395 Å². The third-order valence-electron chi connectivity index (χ3n) is 10.6. The minimum absolute atomic E-state index is 0.180. The number of benzene rings is 1. The molecule has 1 aromatic carbocycles. The zero-order valence-electron chi connectivity index (χ0n) is 38.4. The highest BCUT2D eigenvalue weighted by atomic mass is 16.4. The Bertz CT molecular complexity index is 1850. The number of hydrogen-bond acceptors (Lipinski definition) is 15. The van der Waals surface area contributed by atoms with Gasteiger partial charge in [-0.1, -0.05) is 20.8 Å². The molecule has 384 valence electrons. The molecule has 1 rings (SSSR count). The van der Waals surface area contributed by atoms with Crippen molar-refractivity contribution in [2.75, 3.05) is 0 Å². The summed E-state index contributed by atoms with van der Waals surface area (Å²) >= 11 is 0. The zero-order valence-corrected chi connectivity index (χ0v) is 38.4.